The Labute approximate surface area is 93.4 Å². The summed E-state index contributed by atoms with van der Waals surface area (Å²) in [5, 5.41) is 35.1. The summed E-state index contributed by atoms with van der Waals surface area (Å²) in [5.41, 5.74) is 0. The molecule has 0 aromatic heterocycles. The molecule has 0 bridgehead atoms. The fraction of sp³-hybridized carbons (Fsp3) is 0. The Bertz CT molecular complexity index is 55.2. The molecular weight excluding hydrogens is 265 g/mol. The second kappa shape index (κ2) is 123. The Kier molecular flexibility index (Phi) is 1090. The monoisotopic (exact) mass is 287 g/mol. The van der Waals surface area contributed by atoms with E-state index in [0.29, 0.717) is 0 Å². The zero-order valence-corrected chi connectivity index (χ0v) is 8.13. The van der Waals surface area contributed by atoms with Crippen molar-refractivity contribution in [1.29, 1.82) is 0 Å². The molecule has 0 aliphatic carbocycles. The second-order valence-corrected chi connectivity index (χ2v) is 0.584. The van der Waals surface area contributed by atoms with Gasteiger partial charge in [0.15, 0.2) is 0 Å². The molecule has 16 nitrogen and oxygen atoms in total. The molecule has 120 valence electrons. The van der Waals surface area contributed by atoms with Crippen LogP contribution < -0.4 is 0 Å². The molecule has 0 saturated carbocycles. The first-order chi connectivity index (χ1) is 3.46. The van der Waals surface area contributed by atoms with Gasteiger partial charge in [0, 0.05) is 0 Å². The summed E-state index contributed by atoms with van der Waals surface area (Å²) >= 11 is 0. The van der Waals surface area contributed by atoms with Gasteiger partial charge in [-0.15, -0.1) is 10.1 Å². The summed E-state index contributed by atoms with van der Waals surface area (Å²) in [6, 6.07) is 0. The third-order valence-electron chi connectivity index (χ3n) is 0. The highest BCUT2D eigenvalue weighted by Crippen LogP contribution is 1.40. The minimum absolute atomic E-state index is 0. The maximum absolute atomic E-state index is 8.36. The van der Waals surface area contributed by atoms with Crippen LogP contribution in [0.1, 0.15) is 0 Å². The molecule has 22 N–H and O–H groups in total. The zero-order chi connectivity index (χ0) is 7.15. The Morgan fingerprint density at radius 2 is 0.706 bits per heavy atom. The van der Waals surface area contributed by atoms with Gasteiger partial charge < -0.3 is 69.6 Å². The molecule has 0 rings (SSSR count). The van der Waals surface area contributed by atoms with E-state index in [0.717, 1.165) is 0 Å². The van der Waals surface area contributed by atoms with Crippen LogP contribution in [0.25, 0.3) is 0 Å². The van der Waals surface area contributed by atoms with Crippen LogP contribution in [0, 0.1) is 10.1 Å². The maximum Gasteiger partial charge on any atom is 0.631 e. The van der Waals surface area contributed by atoms with Crippen LogP contribution in [0.4, 0.5) is 0 Å². The van der Waals surface area contributed by atoms with Crippen LogP contribution in [-0.2, 0) is 0 Å². The van der Waals surface area contributed by atoms with Crippen molar-refractivity contribution in [2.24, 2.45) is 0 Å². The fourth-order valence-corrected chi connectivity index (χ4v) is 0. The average Bonchev–Trinajstić information content (AvgIpc) is 1.25. The standard InChI is InChI=1S/BH3O3.HNO3.9H2O/c2*2-1(3)4;;;;;;;;;/h2-4H;(H,2,3,4);9*1H2. The van der Waals surface area contributed by atoms with E-state index in [1.54, 1.807) is 0 Å². The van der Waals surface area contributed by atoms with Crippen molar-refractivity contribution in [2.45, 2.75) is 0 Å². The minimum Gasteiger partial charge on any atom is -0.412 e. The normalized spacial score (nSPS) is 3.00. The van der Waals surface area contributed by atoms with Crippen LogP contribution in [-0.4, -0.2) is 82.0 Å². The first kappa shape index (κ1) is 151. The largest absolute Gasteiger partial charge is 0.631 e. The van der Waals surface area contributed by atoms with Crippen LogP contribution in [0.15, 0.2) is 0 Å². The van der Waals surface area contributed by atoms with Crippen LogP contribution in [0.5, 0.6) is 0 Å². The molecule has 0 unspecified atom stereocenters. The molecule has 0 radical (unpaired) electrons. The maximum atomic E-state index is 8.36. The predicted molar refractivity (Wildman–Crippen MR) is 53.7 cm³/mol. The quantitative estimate of drug-likeness (QED) is 0.190. The molecule has 0 aromatic carbocycles. The van der Waals surface area contributed by atoms with Gasteiger partial charge >= 0.3 is 7.32 Å². The highest BCUT2D eigenvalue weighted by molar-refractivity contribution is 6.30. The minimum atomic E-state index is -2.17. The summed E-state index contributed by atoms with van der Waals surface area (Å²) in [6.07, 6.45) is 0. The van der Waals surface area contributed by atoms with E-state index in [-0.39, 0.29) is 49.3 Å². The summed E-state index contributed by atoms with van der Waals surface area (Å²) < 4.78 is 0. The summed E-state index contributed by atoms with van der Waals surface area (Å²) in [4.78, 5) is 8.36. The van der Waals surface area contributed by atoms with Crippen LogP contribution >= 0.6 is 0 Å². The number of rotatable bonds is 0. The van der Waals surface area contributed by atoms with Gasteiger partial charge in [0.25, 0.3) is 5.09 Å². The van der Waals surface area contributed by atoms with Crippen molar-refractivity contribution >= 4 is 7.32 Å². The molecule has 0 aliphatic rings. The number of hydrogen-bond donors (Lipinski definition) is 4. The number of hydrogen-bond acceptors (Lipinski definition) is 5. The van der Waals surface area contributed by atoms with E-state index in [9.17, 15) is 0 Å². The first-order valence-corrected chi connectivity index (χ1v) is 1.34. The van der Waals surface area contributed by atoms with Gasteiger partial charge in [-0.1, -0.05) is 0 Å². The molecule has 0 aliphatic heterocycles. The molecule has 0 aromatic rings. The lowest BCUT2D eigenvalue weighted by Gasteiger charge is -1.69. The lowest BCUT2D eigenvalue weighted by molar-refractivity contribution is -0.742. The van der Waals surface area contributed by atoms with Crippen molar-refractivity contribution in [3.63, 3.8) is 0 Å². The lowest BCUT2D eigenvalue weighted by atomic mass is 10.3. The van der Waals surface area contributed by atoms with E-state index in [4.69, 9.17) is 30.4 Å². The predicted octanol–water partition coefficient (Wildman–Crippen LogP) is -9.82. The third kappa shape index (κ3) is 1640. The Hall–Kier alpha value is -1.22. The molecule has 17 heavy (non-hydrogen) atoms. The third-order valence-corrected chi connectivity index (χ3v) is 0. The summed E-state index contributed by atoms with van der Waals surface area (Å²) in [6.45, 7) is 0. The molecule has 0 fully saturated rings. The summed E-state index contributed by atoms with van der Waals surface area (Å²) in [7, 11) is -2.17. The van der Waals surface area contributed by atoms with Gasteiger partial charge in [0.1, 0.15) is 0 Å². The SMILES string of the molecule is O.O.O.O.O.O.O.O.O.O=[N+]([O-])O.OB(O)O. The van der Waals surface area contributed by atoms with Gasteiger partial charge in [-0.2, -0.15) is 0 Å². The second-order valence-electron chi connectivity index (χ2n) is 0.584. The first-order valence-electron chi connectivity index (χ1n) is 1.34. The van der Waals surface area contributed by atoms with E-state index < -0.39 is 12.4 Å². The van der Waals surface area contributed by atoms with Gasteiger partial charge in [0.05, 0.1) is 0 Å². The highest BCUT2D eigenvalue weighted by Gasteiger charge is 1.92. The Morgan fingerprint density at radius 1 is 0.706 bits per heavy atom. The Balaban J connectivity index is -0.00000000308. The molecule has 0 saturated heterocycles. The van der Waals surface area contributed by atoms with E-state index in [2.05, 4.69) is 0 Å². The van der Waals surface area contributed by atoms with Gasteiger partial charge in [0.2, 0.25) is 0 Å². The van der Waals surface area contributed by atoms with E-state index in [1.165, 1.54) is 0 Å². The van der Waals surface area contributed by atoms with Gasteiger partial charge in [-0.3, -0.25) is 0 Å². The molecular formula is H22BNO15. The van der Waals surface area contributed by atoms with Crippen LogP contribution in [0.2, 0.25) is 0 Å². The smallest absolute Gasteiger partial charge is 0.412 e. The molecule has 0 atom stereocenters. The molecule has 17 heteroatoms. The molecule has 0 spiro atoms. The topological polar surface area (TPSA) is 408 Å². The molecule has 0 heterocycles. The highest BCUT2D eigenvalue weighted by atomic mass is 16.9. The average molecular weight is 287 g/mol. The van der Waals surface area contributed by atoms with Crippen molar-refractivity contribution in [3.8, 4) is 0 Å². The molecule has 0 amide bonds. The zero-order valence-electron chi connectivity index (χ0n) is 8.13. The van der Waals surface area contributed by atoms with Crippen molar-refractivity contribution in [2.75, 3.05) is 0 Å². The van der Waals surface area contributed by atoms with Gasteiger partial charge in [-0.05, 0) is 0 Å². The van der Waals surface area contributed by atoms with E-state index >= 15 is 0 Å². The Morgan fingerprint density at radius 3 is 0.706 bits per heavy atom. The van der Waals surface area contributed by atoms with Crippen molar-refractivity contribution in [1.82, 2.24) is 0 Å². The van der Waals surface area contributed by atoms with Gasteiger partial charge in [-0.25, -0.2) is 0 Å². The lowest BCUT2D eigenvalue weighted by Crippen LogP contribution is -2.07. The van der Waals surface area contributed by atoms with Crippen molar-refractivity contribution in [3.05, 3.63) is 10.1 Å². The summed E-state index contributed by atoms with van der Waals surface area (Å²) in [5.74, 6) is 0. The van der Waals surface area contributed by atoms with Crippen LogP contribution in [0.3, 0.4) is 0 Å². The number of nitrogens with zero attached hydrogens (tertiary/aromatic N) is 1. The fourth-order valence-electron chi connectivity index (χ4n) is 0. The van der Waals surface area contributed by atoms with E-state index in [1.807, 2.05) is 0 Å². The van der Waals surface area contributed by atoms with Crippen molar-refractivity contribution < 1.29 is 74.7 Å².